The molecule has 0 aromatic heterocycles. The summed E-state index contributed by atoms with van der Waals surface area (Å²) in [5, 5.41) is 0. The maximum absolute atomic E-state index is 10.7. The largest absolute Gasteiger partial charge is 0.465 e. The van der Waals surface area contributed by atoms with E-state index in [4.69, 9.17) is 4.74 Å². The quantitative estimate of drug-likeness (QED) is 0.457. The lowest BCUT2D eigenvalue weighted by molar-refractivity contribution is -0.137. The van der Waals surface area contributed by atoms with Crippen LogP contribution in [0.5, 0.6) is 0 Å². The monoisotopic (exact) mass is 175 g/mol. The highest BCUT2D eigenvalue weighted by Gasteiger charge is 2.00. The van der Waals surface area contributed by atoms with E-state index in [9.17, 15) is 4.79 Å². The molecular weight excluding hydrogens is 160 g/mol. The number of hydrogen-bond acceptors (Lipinski definition) is 3. The summed E-state index contributed by atoms with van der Waals surface area (Å²) in [4.78, 5) is 10.7. The summed E-state index contributed by atoms with van der Waals surface area (Å²) in [5.41, 5.74) is 0. The van der Waals surface area contributed by atoms with Crippen molar-refractivity contribution in [2.75, 3.05) is 12.4 Å². The van der Waals surface area contributed by atoms with Crippen molar-refractivity contribution in [1.29, 1.82) is 0 Å². The van der Waals surface area contributed by atoms with Gasteiger partial charge in [-0.3, -0.25) is 4.79 Å². The number of ether oxygens (including phenoxy) is 1. The molecule has 0 atom stereocenters. The Bertz CT molecular complexity index is 104. The molecule has 0 aliphatic heterocycles. The van der Waals surface area contributed by atoms with Gasteiger partial charge in [-0.2, -0.15) is 0 Å². The van der Waals surface area contributed by atoms with Crippen molar-refractivity contribution < 1.29 is 9.53 Å². The van der Waals surface area contributed by atoms with E-state index in [0.29, 0.717) is 6.61 Å². The maximum atomic E-state index is 10.7. The van der Waals surface area contributed by atoms with Crippen LogP contribution in [0.4, 0.5) is 0 Å². The molecule has 65 valence electrons. The van der Waals surface area contributed by atoms with Gasteiger partial charge < -0.3 is 4.74 Å². The average Bonchev–Trinajstić information content (AvgIpc) is 1.99. The van der Waals surface area contributed by atoms with Gasteiger partial charge in [0.1, 0.15) is 5.75 Å². The topological polar surface area (TPSA) is 26.3 Å². The number of carbonyl (C=O) groups excluding carboxylic acids is 1. The van der Waals surface area contributed by atoms with Crippen LogP contribution in [0.15, 0.2) is 0 Å². The number of hydrogen-bond donors (Lipinski definition) is 0. The maximum Gasteiger partial charge on any atom is 0.320 e. The zero-order valence-electron chi connectivity index (χ0n) is 7.13. The first-order valence-corrected chi connectivity index (χ1v) is 4.97. The summed E-state index contributed by atoms with van der Waals surface area (Å²) >= 11 is 1.53. The Morgan fingerprint density at radius 2 is 2.27 bits per heavy atom. The normalized spacial score (nSPS) is 9.64. The molecule has 0 aliphatic carbocycles. The van der Waals surface area contributed by atoms with E-state index in [2.05, 4.69) is 6.92 Å². The fraction of sp³-hybridized carbons (Fsp3) is 0.750. The Kier molecular flexibility index (Phi) is 7.79. The van der Waals surface area contributed by atoms with Gasteiger partial charge in [0.2, 0.25) is 0 Å². The molecule has 2 nitrogen and oxygen atoms in total. The number of thioether (sulfide) groups is 1. The lowest BCUT2D eigenvalue weighted by atomic mass is 10.4. The minimum atomic E-state index is -0.214. The Morgan fingerprint density at radius 3 is 2.82 bits per heavy atom. The zero-order chi connectivity index (χ0) is 8.53. The van der Waals surface area contributed by atoms with Crippen LogP contribution in [0, 0.1) is 5.75 Å². The van der Waals surface area contributed by atoms with Gasteiger partial charge >= 0.3 is 5.97 Å². The third-order valence-electron chi connectivity index (χ3n) is 1.08. The summed E-state index contributed by atoms with van der Waals surface area (Å²) in [6, 6.07) is 0. The van der Waals surface area contributed by atoms with E-state index in [-0.39, 0.29) is 5.97 Å². The predicted molar refractivity (Wildman–Crippen MR) is 48.3 cm³/mol. The van der Waals surface area contributed by atoms with Gasteiger partial charge in [0.15, 0.2) is 0 Å². The molecule has 0 unspecified atom stereocenters. The second-order valence-corrected chi connectivity index (χ2v) is 3.07. The Labute approximate surface area is 72.7 Å². The van der Waals surface area contributed by atoms with Crippen molar-refractivity contribution in [1.82, 2.24) is 0 Å². The third-order valence-corrected chi connectivity index (χ3v) is 1.97. The third kappa shape index (κ3) is 7.72. The predicted octanol–water partition coefficient (Wildman–Crippen LogP) is 2.24. The average molecular weight is 175 g/mol. The minimum Gasteiger partial charge on any atom is -0.465 e. The second-order valence-electron chi connectivity index (χ2n) is 2.09. The first-order valence-electron chi connectivity index (χ1n) is 3.92. The number of unbranched alkanes of at least 4 members (excludes halogenated alkanes) is 1. The van der Waals surface area contributed by atoms with E-state index < -0.39 is 0 Å². The molecule has 0 rings (SSSR count). The van der Waals surface area contributed by atoms with Gasteiger partial charge in [0.25, 0.3) is 0 Å². The van der Waals surface area contributed by atoms with Crippen LogP contribution in [0.3, 0.4) is 0 Å². The molecule has 0 aromatic rings. The lowest BCUT2D eigenvalue weighted by Crippen LogP contribution is -2.02. The van der Waals surface area contributed by atoms with Crippen LogP contribution in [-0.4, -0.2) is 18.3 Å². The molecule has 0 bridgehead atoms. The van der Waals surface area contributed by atoms with Crippen LogP contribution < -0.4 is 0 Å². The highest BCUT2D eigenvalue weighted by atomic mass is 32.2. The van der Waals surface area contributed by atoms with E-state index in [1.54, 1.807) is 5.75 Å². The highest BCUT2D eigenvalue weighted by molar-refractivity contribution is 8.02. The summed E-state index contributed by atoms with van der Waals surface area (Å²) < 4.78 is 4.71. The fourth-order valence-electron chi connectivity index (χ4n) is 0.531. The fourth-order valence-corrected chi connectivity index (χ4v) is 1.31. The molecular formula is C8H15O2S. The van der Waals surface area contributed by atoms with E-state index in [1.165, 1.54) is 18.2 Å². The molecule has 3 heteroatoms. The molecule has 0 spiro atoms. The van der Waals surface area contributed by atoms with Gasteiger partial charge in [-0.25, -0.2) is 0 Å². The first kappa shape index (κ1) is 10.8. The first-order chi connectivity index (χ1) is 5.31. The molecule has 0 N–H and O–H groups in total. The highest BCUT2D eigenvalue weighted by Crippen LogP contribution is 2.08. The van der Waals surface area contributed by atoms with Crippen LogP contribution in [0.1, 0.15) is 26.7 Å². The van der Waals surface area contributed by atoms with E-state index in [1.807, 2.05) is 6.92 Å². The van der Waals surface area contributed by atoms with Crippen LogP contribution >= 0.6 is 11.8 Å². The molecule has 0 aromatic carbocycles. The van der Waals surface area contributed by atoms with E-state index in [0.717, 1.165) is 12.2 Å². The molecule has 0 fully saturated rings. The van der Waals surface area contributed by atoms with Crippen molar-refractivity contribution in [3.05, 3.63) is 5.75 Å². The Morgan fingerprint density at radius 1 is 1.55 bits per heavy atom. The number of carbonyl (C=O) groups is 1. The molecule has 0 amide bonds. The summed E-state index contributed by atoms with van der Waals surface area (Å²) in [6.07, 6.45) is 2.32. The molecule has 0 saturated carbocycles. The Hall–Kier alpha value is -0.180. The van der Waals surface area contributed by atoms with Crippen molar-refractivity contribution >= 4 is 17.7 Å². The summed E-state index contributed by atoms with van der Waals surface area (Å²) in [5.74, 6) is 2.34. The Balaban J connectivity index is 3.04. The van der Waals surface area contributed by atoms with Gasteiger partial charge in [-0.1, -0.05) is 13.3 Å². The van der Waals surface area contributed by atoms with Crippen molar-refractivity contribution in [2.45, 2.75) is 26.7 Å². The van der Waals surface area contributed by atoms with E-state index >= 15 is 0 Å². The van der Waals surface area contributed by atoms with Gasteiger partial charge in [-0.15, -0.1) is 11.8 Å². The van der Waals surface area contributed by atoms with Gasteiger partial charge in [-0.05, 0) is 19.1 Å². The van der Waals surface area contributed by atoms with Crippen LogP contribution in [0.2, 0.25) is 0 Å². The van der Waals surface area contributed by atoms with Crippen molar-refractivity contribution in [3.63, 3.8) is 0 Å². The number of rotatable bonds is 6. The van der Waals surface area contributed by atoms with Crippen LogP contribution in [-0.2, 0) is 9.53 Å². The SMILES string of the molecule is CCCCS[CH]C(=O)OCC. The summed E-state index contributed by atoms with van der Waals surface area (Å²) in [6.45, 7) is 4.40. The second kappa shape index (κ2) is 7.92. The zero-order valence-corrected chi connectivity index (χ0v) is 7.95. The molecule has 0 heterocycles. The minimum absolute atomic E-state index is 0.214. The molecule has 0 saturated heterocycles. The van der Waals surface area contributed by atoms with Gasteiger partial charge in [0, 0.05) is 0 Å². The lowest BCUT2D eigenvalue weighted by Gasteiger charge is -1.99. The van der Waals surface area contributed by atoms with Crippen LogP contribution in [0.25, 0.3) is 0 Å². The molecule has 11 heavy (non-hydrogen) atoms. The smallest absolute Gasteiger partial charge is 0.320 e. The number of esters is 1. The summed E-state index contributed by atoms with van der Waals surface area (Å²) in [7, 11) is 0. The standard InChI is InChI=1S/C8H15O2S/c1-3-5-6-11-7-8(9)10-4-2/h7H,3-6H2,1-2H3. The molecule has 1 radical (unpaired) electrons. The van der Waals surface area contributed by atoms with Gasteiger partial charge in [0.05, 0.1) is 6.61 Å². The van der Waals surface area contributed by atoms with Crippen molar-refractivity contribution in [3.8, 4) is 0 Å². The molecule has 0 aliphatic rings. The van der Waals surface area contributed by atoms with Crippen molar-refractivity contribution in [2.24, 2.45) is 0 Å².